The Morgan fingerprint density at radius 1 is 1.10 bits per heavy atom. The van der Waals surface area contributed by atoms with Crippen LogP contribution in [0.4, 0.5) is 0 Å². The first kappa shape index (κ1) is 36.1. The second kappa shape index (κ2) is 12.2. The number of rotatable bonds is 9. The second-order valence-corrected chi connectivity index (χ2v) is 15.5. The number of ether oxygens (including phenoxy) is 5. The molecule has 1 saturated heterocycles. The highest BCUT2D eigenvalue weighted by Gasteiger charge is 2.85. The van der Waals surface area contributed by atoms with Gasteiger partial charge in [0.1, 0.15) is 47.5 Å². The summed E-state index contributed by atoms with van der Waals surface area (Å²) in [4.78, 5) is 56.0. The predicted octanol–water partition coefficient (Wildman–Crippen LogP) is -0.0397. The van der Waals surface area contributed by atoms with Crippen molar-refractivity contribution >= 4 is 24.0 Å². The zero-order chi connectivity index (χ0) is 36.0. The molecular weight excluding hydrogens is 644 g/mol. The summed E-state index contributed by atoms with van der Waals surface area (Å²) in [5.41, 5.74) is -5.95. The third kappa shape index (κ3) is 4.63. The predicted molar refractivity (Wildman–Crippen MR) is 166 cm³/mol. The molecule has 0 radical (unpaired) electrons. The zero-order valence-electron chi connectivity index (χ0n) is 28.6. The minimum atomic E-state index is -2.28. The lowest BCUT2D eigenvalue weighted by Crippen LogP contribution is -2.66. The van der Waals surface area contributed by atoms with Gasteiger partial charge in [0.15, 0.2) is 18.5 Å². The van der Waals surface area contributed by atoms with Gasteiger partial charge in [0.05, 0.1) is 19.1 Å². The van der Waals surface area contributed by atoms with Gasteiger partial charge in [-0.15, -0.1) is 0 Å². The quantitative estimate of drug-likeness (QED) is 0.122. The molecule has 15 atom stereocenters. The van der Waals surface area contributed by atoms with E-state index in [0.29, 0.717) is 18.4 Å². The summed E-state index contributed by atoms with van der Waals surface area (Å²) < 4.78 is 27.4. The van der Waals surface area contributed by atoms with Gasteiger partial charge in [0, 0.05) is 18.6 Å². The molecule has 1 aliphatic heterocycles. The first-order valence-electron chi connectivity index (χ1n) is 17.0. The number of hydrogen-bond donors (Lipinski definition) is 5. The van der Waals surface area contributed by atoms with Gasteiger partial charge in [-0.05, 0) is 55.8 Å². The van der Waals surface area contributed by atoms with Crippen molar-refractivity contribution in [3.63, 3.8) is 0 Å². The number of carbonyl (C=O) groups is 4. The molecule has 0 aromatic heterocycles. The summed E-state index contributed by atoms with van der Waals surface area (Å²) in [5.74, 6) is -3.79. The molecule has 4 bridgehead atoms. The lowest BCUT2D eigenvalue weighted by molar-refractivity contribution is -0.286. The molecule has 14 nitrogen and oxygen atoms in total. The highest BCUT2D eigenvalue weighted by Crippen LogP contribution is 2.83. The third-order valence-corrected chi connectivity index (χ3v) is 13.0. The van der Waals surface area contributed by atoms with Crippen molar-refractivity contribution < 1.29 is 68.4 Å². The molecule has 272 valence electrons. The van der Waals surface area contributed by atoms with Crippen LogP contribution in [0.15, 0.2) is 23.5 Å². The average molecular weight is 693 g/mol. The van der Waals surface area contributed by atoms with E-state index in [9.17, 15) is 39.9 Å². The Hall–Kier alpha value is -2.72. The van der Waals surface area contributed by atoms with Gasteiger partial charge in [-0.3, -0.25) is 9.59 Å². The second-order valence-electron chi connectivity index (χ2n) is 15.5. The van der Waals surface area contributed by atoms with Crippen molar-refractivity contribution in [3.8, 4) is 0 Å². The summed E-state index contributed by atoms with van der Waals surface area (Å²) >= 11 is 0. The van der Waals surface area contributed by atoms with Crippen molar-refractivity contribution in [3.05, 3.63) is 23.5 Å². The molecule has 5 aliphatic carbocycles. The number of allylic oxidation sites excluding steroid dienone is 1. The zero-order valence-corrected chi connectivity index (χ0v) is 28.6. The minimum Gasteiger partial charge on any atom is -0.498 e. The summed E-state index contributed by atoms with van der Waals surface area (Å²) in [5, 5.41) is 53.6. The molecule has 3 saturated carbocycles. The molecule has 49 heavy (non-hydrogen) atoms. The maximum absolute atomic E-state index is 15.2. The molecule has 6 aliphatic rings. The number of ketones is 1. The highest BCUT2D eigenvalue weighted by atomic mass is 16.7. The van der Waals surface area contributed by atoms with Crippen LogP contribution in [-0.4, -0.2) is 119 Å². The maximum atomic E-state index is 15.2. The van der Waals surface area contributed by atoms with E-state index < -0.39 is 95.0 Å². The summed E-state index contributed by atoms with van der Waals surface area (Å²) in [6.07, 6.45) is -5.95. The molecule has 6 rings (SSSR count). The van der Waals surface area contributed by atoms with E-state index in [-0.39, 0.29) is 35.9 Å². The number of aldehydes is 1. The smallest absolute Gasteiger partial charge is 0.338 e. The van der Waals surface area contributed by atoms with Crippen LogP contribution in [0.2, 0.25) is 0 Å². The van der Waals surface area contributed by atoms with E-state index in [1.807, 2.05) is 19.9 Å². The first-order chi connectivity index (χ1) is 23.0. The Morgan fingerprint density at radius 3 is 2.41 bits per heavy atom. The summed E-state index contributed by atoms with van der Waals surface area (Å²) in [6, 6.07) is 0. The van der Waals surface area contributed by atoms with Gasteiger partial charge in [-0.1, -0.05) is 38.8 Å². The standard InChI is InChI=1S/C35H48O14/c1-15(2)20-9-17-11-33(13-36)19-8-7-16(3)18(19)12-34(17,14-47-30(42)26-23(38)25(46-6)24(39)29(41)48-26)35(20,33)31(43)49-28-21(37)10-22(45-5)27(40)32(28,4)44/h9-10,13,15-19,23-29,38-41,44H,7-8,11-12,14H2,1-6H3/t16-,17+,18-,19-,23?,24?,25?,26?,27+,28+,29?,32+,33+,34+,35+/m1/s1. The monoisotopic (exact) mass is 692 g/mol. The van der Waals surface area contributed by atoms with Gasteiger partial charge in [-0.2, -0.15) is 0 Å². The lowest BCUT2D eigenvalue weighted by Gasteiger charge is -2.59. The van der Waals surface area contributed by atoms with E-state index >= 15 is 4.79 Å². The molecule has 5 N–H and O–H groups in total. The number of hydrogen-bond acceptors (Lipinski definition) is 14. The summed E-state index contributed by atoms with van der Waals surface area (Å²) in [7, 11) is 2.43. The van der Waals surface area contributed by atoms with E-state index in [0.717, 1.165) is 18.8 Å². The number of fused-ring (bicyclic) bond motifs is 2. The van der Waals surface area contributed by atoms with Crippen molar-refractivity contribution in [2.45, 2.75) is 102 Å². The van der Waals surface area contributed by atoms with Crippen molar-refractivity contribution in [1.82, 2.24) is 0 Å². The molecule has 1 heterocycles. The number of esters is 2. The number of carbonyl (C=O) groups excluding carboxylic acids is 4. The minimum absolute atomic E-state index is 0.0189. The van der Waals surface area contributed by atoms with Crippen molar-refractivity contribution in [1.29, 1.82) is 0 Å². The SMILES string of the molecule is COC1=CC(=O)[C@H](OC(=O)[C@@]23C(C(C)C)=C[C@H]4C[C@]2(C=O)[C@@H]2CC[C@@H](C)[C@H]2C[C@]43COC(=O)C2OC(O)C(O)C(OC)C2O)[C@@](C)(O)[C@H]1O. The summed E-state index contributed by atoms with van der Waals surface area (Å²) in [6.45, 7) is 6.62. The molecule has 5 unspecified atom stereocenters. The molecule has 0 amide bonds. The van der Waals surface area contributed by atoms with E-state index in [1.165, 1.54) is 21.1 Å². The van der Waals surface area contributed by atoms with Crippen LogP contribution in [0, 0.1) is 45.8 Å². The van der Waals surface area contributed by atoms with Gasteiger partial charge < -0.3 is 54.0 Å². The topological polar surface area (TPSA) is 216 Å². The highest BCUT2D eigenvalue weighted by molar-refractivity contribution is 5.99. The van der Waals surface area contributed by atoms with Crippen LogP contribution in [-0.2, 0) is 42.9 Å². The average Bonchev–Trinajstić information content (AvgIpc) is 3.63. The maximum Gasteiger partial charge on any atom is 0.338 e. The Labute approximate surface area is 284 Å². The molecule has 14 heteroatoms. The van der Waals surface area contributed by atoms with Gasteiger partial charge in [0.2, 0.25) is 5.78 Å². The van der Waals surface area contributed by atoms with E-state index in [2.05, 4.69) is 6.92 Å². The first-order valence-corrected chi connectivity index (χ1v) is 17.0. The van der Waals surface area contributed by atoms with Gasteiger partial charge in [0.25, 0.3) is 0 Å². The van der Waals surface area contributed by atoms with Crippen LogP contribution < -0.4 is 0 Å². The van der Waals surface area contributed by atoms with Crippen molar-refractivity contribution in [2.75, 3.05) is 20.8 Å². The fraction of sp³-hybridized carbons (Fsp3) is 0.771. The Bertz CT molecular complexity index is 1450. The largest absolute Gasteiger partial charge is 0.498 e. The Balaban J connectivity index is 1.45. The van der Waals surface area contributed by atoms with Crippen LogP contribution in [0.1, 0.15) is 53.4 Å². The molecule has 0 aromatic rings. The Kier molecular flexibility index (Phi) is 8.99. The molecular formula is C35H48O14. The van der Waals surface area contributed by atoms with Crippen LogP contribution in [0.25, 0.3) is 0 Å². The van der Waals surface area contributed by atoms with Crippen LogP contribution in [0.3, 0.4) is 0 Å². The molecule has 4 fully saturated rings. The third-order valence-electron chi connectivity index (χ3n) is 13.0. The lowest BCUT2D eigenvalue weighted by atomic mass is 9.43. The fourth-order valence-electron chi connectivity index (χ4n) is 10.8. The molecule has 0 spiro atoms. The Morgan fingerprint density at radius 2 is 1.80 bits per heavy atom. The van der Waals surface area contributed by atoms with E-state index in [1.54, 1.807) is 0 Å². The van der Waals surface area contributed by atoms with Gasteiger partial charge in [-0.25, -0.2) is 4.79 Å². The van der Waals surface area contributed by atoms with Crippen LogP contribution >= 0.6 is 0 Å². The number of methoxy groups -OCH3 is 2. The molecule has 0 aromatic carbocycles. The normalized spacial score (nSPS) is 48.5. The van der Waals surface area contributed by atoms with Crippen molar-refractivity contribution in [2.24, 2.45) is 45.8 Å². The number of aliphatic hydroxyl groups is 5. The number of aliphatic hydroxyl groups excluding tert-OH is 4. The van der Waals surface area contributed by atoms with E-state index in [4.69, 9.17) is 23.7 Å². The fourth-order valence-corrected chi connectivity index (χ4v) is 10.8. The van der Waals surface area contributed by atoms with Crippen LogP contribution in [0.5, 0.6) is 0 Å². The van der Waals surface area contributed by atoms with Gasteiger partial charge >= 0.3 is 11.9 Å².